The molecule has 1 N–H and O–H groups in total. The van der Waals surface area contributed by atoms with E-state index in [9.17, 15) is 14.3 Å². The van der Waals surface area contributed by atoms with Crippen molar-refractivity contribution in [1.82, 2.24) is 19.6 Å². The number of likely N-dealkylation sites (N-methyl/N-ethyl adjacent to an activating group) is 1. The number of carbonyl (C=O) groups is 1. The predicted molar refractivity (Wildman–Crippen MR) is 100 cm³/mol. The summed E-state index contributed by atoms with van der Waals surface area (Å²) in [6.45, 7) is 3.82. The smallest absolute Gasteiger partial charge is 0.256 e. The molecule has 1 amide bonds. The fraction of sp³-hybridized carbons (Fsp3) is 0.500. The van der Waals surface area contributed by atoms with Gasteiger partial charge in [-0.1, -0.05) is 12.1 Å². The normalized spacial score (nSPS) is 20.5. The number of halogens is 1. The first-order valence-electron chi connectivity index (χ1n) is 9.21. The van der Waals surface area contributed by atoms with Crippen LogP contribution in [0.1, 0.15) is 29.7 Å². The van der Waals surface area contributed by atoms with E-state index in [-0.39, 0.29) is 18.3 Å². The molecule has 1 aromatic heterocycles. The Labute approximate surface area is 159 Å². The van der Waals surface area contributed by atoms with Gasteiger partial charge in [-0.25, -0.2) is 4.39 Å². The number of rotatable bonds is 6. The van der Waals surface area contributed by atoms with Crippen LogP contribution >= 0.6 is 0 Å². The van der Waals surface area contributed by atoms with E-state index in [0.29, 0.717) is 26.1 Å². The van der Waals surface area contributed by atoms with Gasteiger partial charge in [-0.2, -0.15) is 5.10 Å². The second-order valence-corrected chi connectivity index (χ2v) is 7.57. The highest BCUT2D eigenvalue weighted by molar-refractivity contribution is 5.86. The summed E-state index contributed by atoms with van der Waals surface area (Å²) in [6.07, 6.45) is 3.14. The number of aliphatic hydroxyl groups is 1. The Hall–Kier alpha value is -2.25. The number of benzene rings is 1. The molecule has 0 saturated carbocycles. The van der Waals surface area contributed by atoms with Gasteiger partial charge < -0.3 is 10.0 Å². The molecule has 3 rings (SSSR count). The standard InChI is InChI=1S/C20H27FN4O2/c1-15-17(13-24(3)22-15)12-23(2)14-20(27)9-4-10-25(19(20)26)11-16-5-7-18(21)8-6-16/h5-8,13,27H,4,9-12,14H2,1-3H3/t20-/m1/s1. The third kappa shape index (κ3) is 4.54. The summed E-state index contributed by atoms with van der Waals surface area (Å²) in [5.74, 6) is -0.555. The van der Waals surface area contributed by atoms with Crippen molar-refractivity contribution < 1.29 is 14.3 Å². The zero-order valence-corrected chi connectivity index (χ0v) is 16.2. The molecule has 1 saturated heterocycles. The van der Waals surface area contributed by atoms with Crippen molar-refractivity contribution in [3.8, 4) is 0 Å². The molecule has 1 atom stereocenters. The first kappa shape index (κ1) is 19.5. The quantitative estimate of drug-likeness (QED) is 0.838. The van der Waals surface area contributed by atoms with Gasteiger partial charge in [-0.15, -0.1) is 0 Å². The zero-order valence-electron chi connectivity index (χ0n) is 16.2. The average molecular weight is 374 g/mol. The van der Waals surface area contributed by atoms with Gasteiger partial charge >= 0.3 is 0 Å². The number of likely N-dealkylation sites (tertiary alicyclic amines) is 1. The van der Waals surface area contributed by atoms with Gasteiger partial charge in [0.25, 0.3) is 5.91 Å². The number of aromatic nitrogens is 2. The van der Waals surface area contributed by atoms with Crippen molar-refractivity contribution >= 4 is 5.91 Å². The van der Waals surface area contributed by atoms with Crippen LogP contribution in [0.4, 0.5) is 4.39 Å². The first-order chi connectivity index (χ1) is 12.8. The minimum atomic E-state index is -1.40. The lowest BCUT2D eigenvalue weighted by Gasteiger charge is -2.40. The van der Waals surface area contributed by atoms with Gasteiger partial charge in [0.1, 0.15) is 5.82 Å². The molecule has 0 spiro atoms. The predicted octanol–water partition coefficient (Wildman–Crippen LogP) is 1.85. The number of aryl methyl sites for hydroxylation is 2. The molecule has 6 nitrogen and oxygen atoms in total. The highest BCUT2D eigenvalue weighted by atomic mass is 19.1. The van der Waals surface area contributed by atoms with Crippen molar-refractivity contribution in [2.45, 2.75) is 38.5 Å². The van der Waals surface area contributed by atoms with E-state index in [4.69, 9.17) is 0 Å². The lowest BCUT2D eigenvalue weighted by atomic mass is 9.90. The Bertz CT molecular complexity index is 805. The third-order valence-corrected chi connectivity index (χ3v) is 5.08. The van der Waals surface area contributed by atoms with E-state index >= 15 is 0 Å². The molecule has 7 heteroatoms. The number of nitrogens with zero attached hydrogens (tertiary/aromatic N) is 4. The number of piperidine rings is 1. The molecular formula is C20H27FN4O2. The summed E-state index contributed by atoms with van der Waals surface area (Å²) in [4.78, 5) is 16.6. The topological polar surface area (TPSA) is 61.6 Å². The molecule has 0 radical (unpaired) electrons. The lowest BCUT2D eigenvalue weighted by molar-refractivity contribution is -0.160. The Kier molecular flexibility index (Phi) is 5.62. The fourth-order valence-electron chi connectivity index (χ4n) is 3.77. The number of hydrogen-bond acceptors (Lipinski definition) is 4. The SMILES string of the molecule is Cc1nn(C)cc1CN(C)C[C@]1(O)CCCN(Cc2ccc(F)cc2)C1=O. The summed E-state index contributed by atoms with van der Waals surface area (Å²) in [5, 5.41) is 15.4. The summed E-state index contributed by atoms with van der Waals surface area (Å²) in [6, 6.07) is 6.13. The number of hydrogen-bond donors (Lipinski definition) is 1. The largest absolute Gasteiger partial charge is 0.379 e. The molecule has 1 aromatic carbocycles. The maximum atomic E-state index is 13.1. The Balaban J connectivity index is 1.65. The van der Waals surface area contributed by atoms with Crippen LogP contribution in [0.3, 0.4) is 0 Å². The van der Waals surface area contributed by atoms with Crippen LogP contribution in [0.25, 0.3) is 0 Å². The summed E-state index contributed by atoms with van der Waals surface area (Å²) < 4.78 is 14.9. The van der Waals surface area contributed by atoms with Crippen LogP contribution in [0.2, 0.25) is 0 Å². The van der Waals surface area contributed by atoms with E-state index < -0.39 is 5.60 Å². The van der Waals surface area contributed by atoms with Gasteiger partial charge in [-0.05, 0) is 44.5 Å². The van der Waals surface area contributed by atoms with E-state index in [2.05, 4.69) is 5.10 Å². The highest BCUT2D eigenvalue weighted by Crippen LogP contribution is 2.26. The van der Waals surface area contributed by atoms with Crippen molar-refractivity contribution in [3.63, 3.8) is 0 Å². The van der Waals surface area contributed by atoms with E-state index in [1.54, 1.807) is 21.7 Å². The molecule has 146 valence electrons. The molecule has 0 aliphatic carbocycles. The zero-order chi connectivity index (χ0) is 19.6. The van der Waals surface area contributed by atoms with E-state index in [0.717, 1.165) is 23.2 Å². The van der Waals surface area contributed by atoms with Gasteiger partial charge in [-0.3, -0.25) is 14.4 Å². The highest BCUT2D eigenvalue weighted by Gasteiger charge is 2.42. The van der Waals surface area contributed by atoms with Crippen LogP contribution in [-0.4, -0.2) is 56.3 Å². The molecule has 2 aromatic rings. The van der Waals surface area contributed by atoms with Crippen molar-refractivity contribution in [2.75, 3.05) is 20.1 Å². The second-order valence-electron chi connectivity index (χ2n) is 7.57. The average Bonchev–Trinajstić information content (AvgIpc) is 2.91. The minimum absolute atomic E-state index is 0.257. The van der Waals surface area contributed by atoms with Crippen molar-refractivity contribution in [2.24, 2.45) is 7.05 Å². The Morgan fingerprint density at radius 2 is 2.04 bits per heavy atom. The summed E-state index contributed by atoms with van der Waals surface area (Å²) in [5.41, 5.74) is 1.48. The third-order valence-electron chi connectivity index (χ3n) is 5.08. The van der Waals surface area contributed by atoms with Crippen LogP contribution < -0.4 is 0 Å². The van der Waals surface area contributed by atoms with E-state index in [1.807, 2.05) is 32.1 Å². The second kappa shape index (κ2) is 7.78. The number of carbonyl (C=O) groups excluding carboxylic acids is 1. The Morgan fingerprint density at radius 1 is 1.33 bits per heavy atom. The maximum absolute atomic E-state index is 13.1. The van der Waals surface area contributed by atoms with Gasteiger partial charge in [0.05, 0.1) is 5.69 Å². The molecule has 1 aliphatic heterocycles. The van der Waals surface area contributed by atoms with Crippen molar-refractivity contribution in [3.05, 3.63) is 53.1 Å². The molecule has 1 fully saturated rings. The summed E-state index contributed by atoms with van der Waals surface area (Å²) in [7, 11) is 3.78. The van der Waals surface area contributed by atoms with Crippen LogP contribution in [0.15, 0.2) is 30.5 Å². The van der Waals surface area contributed by atoms with Crippen LogP contribution in [-0.2, 0) is 24.9 Å². The first-order valence-corrected chi connectivity index (χ1v) is 9.21. The molecular weight excluding hydrogens is 347 g/mol. The molecule has 1 aliphatic rings. The van der Waals surface area contributed by atoms with Crippen LogP contribution in [0, 0.1) is 12.7 Å². The van der Waals surface area contributed by atoms with Crippen LogP contribution in [0.5, 0.6) is 0 Å². The number of amides is 1. The minimum Gasteiger partial charge on any atom is -0.379 e. The molecule has 27 heavy (non-hydrogen) atoms. The maximum Gasteiger partial charge on any atom is 0.256 e. The Morgan fingerprint density at radius 3 is 2.67 bits per heavy atom. The van der Waals surface area contributed by atoms with E-state index in [1.165, 1.54) is 12.1 Å². The fourth-order valence-corrected chi connectivity index (χ4v) is 3.77. The van der Waals surface area contributed by atoms with Gasteiger partial charge in [0.15, 0.2) is 5.60 Å². The van der Waals surface area contributed by atoms with Crippen molar-refractivity contribution in [1.29, 1.82) is 0 Å². The molecule has 0 bridgehead atoms. The lowest BCUT2D eigenvalue weighted by Crippen LogP contribution is -2.57. The summed E-state index contributed by atoms with van der Waals surface area (Å²) >= 11 is 0. The molecule has 2 heterocycles. The molecule has 0 unspecified atom stereocenters. The van der Waals surface area contributed by atoms with Gasteiger partial charge in [0.2, 0.25) is 0 Å². The monoisotopic (exact) mass is 374 g/mol. The van der Waals surface area contributed by atoms with Gasteiger partial charge in [0, 0.05) is 45.0 Å².